The van der Waals surface area contributed by atoms with Crippen molar-refractivity contribution in [1.82, 2.24) is 34.7 Å². The molecule has 2 aromatic carbocycles. The van der Waals surface area contributed by atoms with E-state index in [0.717, 1.165) is 5.39 Å². The normalized spacial score (nSPS) is 11.2. The summed E-state index contributed by atoms with van der Waals surface area (Å²) >= 11 is 1.44. The molecule has 0 aliphatic heterocycles. The molecule has 9 nitrogen and oxygen atoms in total. The lowest BCUT2D eigenvalue weighted by molar-refractivity contribution is 0.335. The molecule has 0 bridgehead atoms. The van der Waals surface area contributed by atoms with E-state index in [0.29, 0.717) is 46.0 Å². The lowest BCUT2D eigenvalue weighted by Crippen LogP contribution is -2.07. The maximum atomic E-state index is 14.9. The number of rotatable bonds is 8. The number of anilines is 2. The Hall–Kier alpha value is -4.84. The molecule has 12 heteroatoms. The Balaban J connectivity index is 1.46. The summed E-state index contributed by atoms with van der Waals surface area (Å²) in [5.74, 6) is 0.0683. The van der Waals surface area contributed by atoms with Crippen LogP contribution in [-0.2, 0) is 6.54 Å². The van der Waals surface area contributed by atoms with Gasteiger partial charge >= 0.3 is 0 Å². The molecule has 4 heterocycles. The van der Waals surface area contributed by atoms with Gasteiger partial charge in [-0.05, 0) is 19.1 Å². The lowest BCUT2D eigenvalue weighted by Gasteiger charge is -2.10. The van der Waals surface area contributed by atoms with Crippen molar-refractivity contribution in [2.75, 3.05) is 11.9 Å². The maximum absolute atomic E-state index is 14.9. The number of benzene rings is 2. The number of hydrogen-bond acceptors (Lipinski definition) is 9. The summed E-state index contributed by atoms with van der Waals surface area (Å²) in [6.07, 6.45) is 4.75. The zero-order valence-electron chi connectivity index (χ0n) is 20.5. The van der Waals surface area contributed by atoms with Crippen molar-refractivity contribution in [1.29, 1.82) is 0 Å². The zero-order chi connectivity index (χ0) is 26.8. The maximum Gasteiger partial charge on any atom is 0.183 e. The van der Waals surface area contributed by atoms with Crippen LogP contribution in [-0.4, -0.2) is 41.3 Å². The fourth-order valence-corrected chi connectivity index (χ4v) is 4.71. The highest BCUT2D eigenvalue weighted by Gasteiger charge is 2.20. The molecule has 0 aliphatic rings. The molecule has 39 heavy (non-hydrogen) atoms. The predicted octanol–water partition coefficient (Wildman–Crippen LogP) is 5.88. The van der Waals surface area contributed by atoms with E-state index in [1.165, 1.54) is 29.8 Å². The number of fused-ring (bicyclic) bond motifs is 1. The highest BCUT2D eigenvalue weighted by molar-refractivity contribution is 7.13. The number of halogens is 2. The summed E-state index contributed by atoms with van der Waals surface area (Å²) in [5.41, 5.74) is 1.60. The van der Waals surface area contributed by atoms with Gasteiger partial charge in [0.2, 0.25) is 0 Å². The van der Waals surface area contributed by atoms with Crippen molar-refractivity contribution < 1.29 is 13.5 Å². The van der Waals surface area contributed by atoms with E-state index in [4.69, 9.17) is 19.8 Å². The Morgan fingerprint density at radius 3 is 2.56 bits per heavy atom. The first-order valence-electron chi connectivity index (χ1n) is 12.0. The molecule has 194 valence electrons. The summed E-state index contributed by atoms with van der Waals surface area (Å²) in [5, 5.41) is 11.2. The molecule has 6 rings (SSSR count). The van der Waals surface area contributed by atoms with Crippen LogP contribution >= 0.6 is 11.3 Å². The number of nitrogens with one attached hydrogen (secondary N) is 1. The summed E-state index contributed by atoms with van der Waals surface area (Å²) in [7, 11) is 0. The standard InChI is InChI=1S/C27H20F2N8OS/c1-2-38-16-11-19(28)18(20(29)12-16)14-37-22-6-4-3-5-17(22)25(36-37)26-33-21(27-31-9-10-39-27)13-24(35-26)34-23-7-8-30-15-32-23/h3-13,15H,2,14H2,1H3,(H,30,32,33,34,35). The van der Waals surface area contributed by atoms with Crippen LogP contribution in [0.2, 0.25) is 0 Å². The van der Waals surface area contributed by atoms with Gasteiger partial charge in [-0.2, -0.15) is 5.10 Å². The van der Waals surface area contributed by atoms with Gasteiger partial charge in [-0.25, -0.2) is 33.7 Å². The van der Waals surface area contributed by atoms with Gasteiger partial charge in [0, 0.05) is 46.9 Å². The molecular formula is C27H20F2N8OS. The van der Waals surface area contributed by atoms with Crippen molar-refractivity contribution in [2.45, 2.75) is 13.5 Å². The number of aromatic nitrogens is 7. The van der Waals surface area contributed by atoms with Crippen molar-refractivity contribution in [3.8, 4) is 28.0 Å². The van der Waals surface area contributed by atoms with Crippen LogP contribution < -0.4 is 10.1 Å². The number of ether oxygens (including phenoxy) is 1. The minimum absolute atomic E-state index is 0.123. The molecule has 0 amide bonds. The van der Waals surface area contributed by atoms with Gasteiger partial charge in [-0.1, -0.05) is 18.2 Å². The van der Waals surface area contributed by atoms with Gasteiger partial charge in [0.25, 0.3) is 0 Å². The van der Waals surface area contributed by atoms with Crippen LogP contribution in [0.25, 0.3) is 33.1 Å². The van der Waals surface area contributed by atoms with Gasteiger partial charge < -0.3 is 10.1 Å². The van der Waals surface area contributed by atoms with Crippen molar-refractivity contribution in [3.05, 3.63) is 89.8 Å². The summed E-state index contributed by atoms with van der Waals surface area (Å²) in [6, 6.07) is 13.3. The quantitative estimate of drug-likeness (QED) is 0.255. The van der Waals surface area contributed by atoms with E-state index in [9.17, 15) is 8.78 Å². The Labute approximate surface area is 225 Å². The van der Waals surface area contributed by atoms with Crippen molar-refractivity contribution in [3.63, 3.8) is 0 Å². The van der Waals surface area contributed by atoms with E-state index < -0.39 is 11.6 Å². The number of nitrogens with zero attached hydrogens (tertiary/aromatic N) is 7. The first kappa shape index (κ1) is 24.5. The van der Waals surface area contributed by atoms with Crippen LogP contribution in [0, 0.1) is 11.6 Å². The molecule has 4 aromatic heterocycles. The fourth-order valence-electron chi connectivity index (χ4n) is 4.12. The largest absolute Gasteiger partial charge is 0.494 e. The minimum Gasteiger partial charge on any atom is -0.494 e. The Morgan fingerprint density at radius 1 is 0.974 bits per heavy atom. The van der Waals surface area contributed by atoms with E-state index in [2.05, 4.69) is 20.3 Å². The van der Waals surface area contributed by atoms with Crippen LogP contribution in [0.4, 0.5) is 20.4 Å². The van der Waals surface area contributed by atoms with Crippen LogP contribution in [0.3, 0.4) is 0 Å². The fraction of sp³-hybridized carbons (Fsp3) is 0.111. The zero-order valence-corrected chi connectivity index (χ0v) is 21.4. The molecule has 1 N–H and O–H groups in total. The van der Waals surface area contributed by atoms with Gasteiger partial charge in [0.15, 0.2) is 5.82 Å². The average Bonchev–Trinajstić information content (AvgIpc) is 3.60. The molecule has 0 fully saturated rings. The monoisotopic (exact) mass is 542 g/mol. The predicted molar refractivity (Wildman–Crippen MR) is 144 cm³/mol. The summed E-state index contributed by atoms with van der Waals surface area (Å²) in [6.45, 7) is 1.92. The molecule has 0 aliphatic carbocycles. The van der Waals surface area contributed by atoms with Crippen LogP contribution in [0.5, 0.6) is 5.75 Å². The molecular weight excluding hydrogens is 522 g/mol. The molecule has 0 saturated heterocycles. The topological polar surface area (TPSA) is 104 Å². The third-order valence-electron chi connectivity index (χ3n) is 5.82. The van der Waals surface area contributed by atoms with E-state index >= 15 is 0 Å². The second-order valence-corrected chi connectivity index (χ2v) is 9.24. The van der Waals surface area contributed by atoms with Gasteiger partial charge in [-0.3, -0.25) is 4.68 Å². The van der Waals surface area contributed by atoms with Gasteiger partial charge in [0.05, 0.1) is 18.7 Å². The Kier molecular flexibility index (Phi) is 6.59. The molecule has 0 radical (unpaired) electrons. The molecule has 0 spiro atoms. The summed E-state index contributed by atoms with van der Waals surface area (Å²) in [4.78, 5) is 22.0. The molecule has 0 unspecified atom stereocenters. The van der Waals surface area contributed by atoms with E-state index in [1.54, 1.807) is 36.1 Å². The number of hydrogen-bond donors (Lipinski definition) is 1. The third-order valence-corrected chi connectivity index (χ3v) is 6.61. The second-order valence-electron chi connectivity index (χ2n) is 8.34. The average molecular weight is 543 g/mol. The highest BCUT2D eigenvalue weighted by Crippen LogP contribution is 2.31. The van der Waals surface area contributed by atoms with Crippen LogP contribution in [0.15, 0.2) is 72.6 Å². The van der Waals surface area contributed by atoms with Gasteiger partial charge in [0.1, 0.15) is 51.7 Å². The minimum atomic E-state index is -0.710. The lowest BCUT2D eigenvalue weighted by atomic mass is 10.1. The Bertz CT molecular complexity index is 1740. The third kappa shape index (κ3) is 5.01. The first-order chi connectivity index (χ1) is 19.1. The smallest absolute Gasteiger partial charge is 0.183 e. The van der Waals surface area contributed by atoms with Crippen molar-refractivity contribution >= 4 is 33.9 Å². The number of thiazole rings is 1. The van der Waals surface area contributed by atoms with E-state index in [1.807, 2.05) is 29.6 Å². The highest BCUT2D eigenvalue weighted by atomic mass is 32.1. The Morgan fingerprint density at radius 2 is 1.82 bits per heavy atom. The van der Waals surface area contributed by atoms with Crippen LogP contribution in [0.1, 0.15) is 12.5 Å². The molecule has 0 atom stereocenters. The van der Waals surface area contributed by atoms with Crippen molar-refractivity contribution in [2.24, 2.45) is 0 Å². The molecule has 6 aromatic rings. The second kappa shape index (κ2) is 10.5. The van der Waals surface area contributed by atoms with E-state index in [-0.39, 0.29) is 17.9 Å². The summed E-state index contributed by atoms with van der Waals surface area (Å²) < 4.78 is 36.6. The SMILES string of the molecule is CCOc1cc(F)c(Cn2nc(-c3nc(Nc4ccncn4)cc(-c4nccs4)n3)c3ccccc32)c(F)c1. The first-order valence-corrected chi connectivity index (χ1v) is 12.9. The molecule has 0 saturated carbocycles. The number of para-hydroxylation sites is 1. The van der Waals surface area contributed by atoms with Gasteiger partial charge in [-0.15, -0.1) is 11.3 Å².